The summed E-state index contributed by atoms with van der Waals surface area (Å²) in [5.74, 6) is 3.33. The smallest absolute Gasteiger partial charge is 0.190 e. The van der Waals surface area contributed by atoms with Gasteiger partial charge in [0.25, 0.3) is 0 Å². The Labute approximate surface area is 150 Å². The highest BCUT2D eigenvalue weighted by atomic mass is 32.2. The van der Waals surface area contributed by atoms with Crippen molar-refractivity contribution in [3.8, 4) is 5.75 Å². The number of thioether (sulfide) groups is 1. The molecular formula is C18H31N3O2S. The van der Waals surface area contributed by atoms with E-state index in [1.807, 2.05) is 36.9 Å². The second-order valence-corrected chi connectivity index (χ2v) is 6.56. The molecule has 0 radical (unpaired) electrons. The van der Waals surface area contributed by atoms with Crippen LogP contribution in [0, 0.1) is 5.92 Å². The highest BCUT2D eigenvalue weighted by Crippen LogP contribution is 2.29. The summed E-state index contributed by atoms with van der Waals surface area (Å²) in [7, 11) is 3.51. The van der Waals surface area contributed by atoms with Crippen molar-refractivity contribution in [1.29, 1.82) is 0 Å². The molecule has 0 aromatic heterocycles. The molecule has 0 heterocycles. The van der Waals surface area contributed by atoms with Gasteiger partial charge in [-0.15, -0.1) is 11.8 Å². The van der Waals surface area contributed by atoms with Crippen LogP contribution in [0.3, 0.4) is 0 Å². The van der Waals surface area contributed by atoms with Crippen molar-refractivity contribution in [1.82, 2.24) is 10.6 Å². The first-order chi connectivity index (χ1) is 11.7. The third kappa shape index (κ3) is 8.45. The first-order valence-corrected chi connectivity index (χ1v) is 9.47. The maximum atomic E-state index is 5.39. The quantitative estimate of drug-likeness (QED) is 0.277. The summed E-state index contributed by atoms with van der Waals surface area (Å²) in [6.07, 6.45) is 0.980. The molecular weight excluding hydrogens is 322 g/mol. The number of rotatable bonds is 11. The zero-order valence-corrected chi connectivity index (χ0v) is 16.1. The molecule has 0 spiro atoms. The third-order valence-corrected chi connectivity index (χ3v) is 4.78. The van der Waals surface area contributed by atoms with Crippen LogP contribution in [0.1, 0.15) is 20.3 Å². The summed E-state index contributed by atoms with van der Waals surface area (Å²) in [6.45, 7) is 7.55. The number of nitrogens with zero attached hydrogens (tertiary/aromatic N) is 1. The van der Waals surface area contributed by atoms with Crippen LogP contribution in [0.25, 0.3) is 0 Å². The minimum Gasteiger partial charge on any atom is -0.496 e. The normalized spacial score (nSPS) is 12.8. The zero-order valence-electron chi connectivity index (χ0n) is 15.3. The lowest BCUT2D eigenvalue weighted by molar-refractivity contribution is 0.145. The predicted octanol–water partition coefficient (Wildman–Crippen LogP) is 3.02. The van der Waals surface area contributed by atoms with Crippen molar-refractivity contribution in [3.05, 3.63) is 24.3 Å². The summed E-state index contributed by atoms with van der Waals surface area (Å²) >= 11 is 1.82. The fraction of sp³-hybridized carbons (Fsp3) is 0.611. The number of methoxy groups -OCH3 is 1. The van der Waals surface area contributed by atoms with Gasteiger partial charge in [-0.3, -0.25) is 4.99 Å². The molecule has 0 aliphatic heterocycles. The van der Waals surface area contributed by atoms with E-state index in [1.165, 1.54) is 4.90 Å². The van der Waals surface area contributed by atoms with Crippen molar-refractivity contribution in [2.24, 2.45) is 10.9 Å². The Hall–Kier alpha value is -1.40. The van der Waals surface area contributed by atoms with E-state index in [4.69, 9.17) is 9.47 Å². The fourth-order valence-electron chi connectivity index (χ4n) is 2.05. The predicted molar refractivity (Wildman–Crippen MR) is 103 cm³/mol. The molecule has 1 aromatic rings. The minimum atomic E-state index is 0.516. The number of hydrogen-bond donors (Lipinski definition) is 2. The lowest BCUT2D eigenvalue weighted by Crippen LogP contribution is -2.40. The number of para-hydroxylation sites is 1. The number of nitrogens with one attached hydrogen (secondary N) is 2. The molecule has 0 aliphatic rings. The minimum absolute atomic E-state index is 0.516. The molecule has 0 aliphatic carbocycles. The van der Waals surface area contributed by atoms with Gasteiger partial charge in [-0.2, -0.15) is 0 Å². The van der Waals surface area contributed by atoms with Crippen molar-refractivity contribution in [3.63, 3.8) is 0 Å². The lowest BCUT2D eigenvalue weighted by atomic mass is 10.2. The first-order valence-electron chi connectivity index (χ1n) is 8.49. The monoisotopic (exact) mass is 353 g/mol. The second kappa shape index (κ2) is 13.0. The molecule has 0 fully saturated rings. The Morgan fingerprint density at radius 2 is 2.08 bits per heavy atom. The lowest BCUT2D eigenvalue weighted by Gasteiger charge is -2.16. The zero-order chi connectivity index (χ0) is 17.6. The summed E-state index contributed by atoms with van der Waals surface area (Å²) in [6, 6.07) is 8.14. The van der Waals surface area contributed by atoms with Crippen molar-refractivity contribution < 1.29 is 9.47 Å². The van der Waals surface area contributed by atoms with Gasteiger partial charge >= 0.3 is 0 Å². The van der Waals surface area contributed by atoms with Crippen LogP contribution in [0.15, 0.2) is 34.2 Å². The van der Waals surface area contributed by atoms with Crippen LogP contribution in [0.2, 0.25) is 0 Å². The Kier molecular flexibility index (Phi) is 11.1. The van der Waals surface area contributed by atoms with E-state index in [-0.39, 0.29) is 0 Å². The molecule has 0 amide bonds. The second-order valence-electron chi connectivity index (χ2n) is 5.50. The van der Waals surface area contributed by atoms with Gasteiger partial charge in [-0.1, -0.05) is 19.1 Å². The van der Waals surface area contributed by atoms with E-state index in [0.717, 1.165) is 50.2 Å². The molecule has 6 heteroatoms. The van der Waals surface area contributed by atoms with Crippen LogP contribution >= 0.6 is 11.8 Å². The number of benzene rings is 1. The summed E-state index contributed by atoms with van der Waals surface area (Å²) in [5, 5.41) is 6.69. The molecule has 0 saturated heterocycles. The van der Waals surface area contributed by atoms with Crippen molar-refractivity contribution >= 4 is 17.7 Å². The van der Waals surface area contributed by atoms with Gasteiger partial charge < -0.3 is 20.1 Å². The Balaban J connectivity index is 2.25. The molecule has 1 aromatic carbocycles. The van der Waals surface area contributed by atoms with Crippen molar-refractivity contribution in [2.75, 3.05) is 46.2 Å². The maximum absolute atomic E-state index is 5.39. The number of guanidine groups is 1. The highest BCUT2D eigenvalue weighted by Gasteiger charge is 2.07. The molecule has 1 rings (SSSR count). The number of hydrogen-bond acceptors (Lipinski definition) is 4. The first kappa shape index (κ1) is 20.6. The van der Waals surface area contributed by atoms with E-state index in [1.54, 1.807) is 14.2 Å². The van der Waals surface area contributed by atoms with Crippen molar-refractivity contribution in [2.45, 2.75) is 25.2 Å². The van der Waals surface area contributed by atoms with Crippen LogP contribution in [-0.2, 0) is 4.74 Å². The van der Waals surface area contributed by atoms with E-state index < -0.39 is 0 Å². The van der Waals surface area contributed by atoms with E-state index in [2.05, 4.69) is 28.6 Å². The maximum Gasteiger partial charge on any atom is 0.190 e. The molecule has 136 valence electrons. The third-order valence-electron chi connectivity index (χ3n) is 3.40. The SMILES string of the molecule is CCOCCCNC(=NC)NCC(C)CSc1ccccc1OC. The summed E-state index contributed by atoms with van der Waals surface area (Å²) < 4.78 is 10.7. The number of aliphatic imine (C=N–C) groups is 1. The molecule has 0 saturated carbocycles. The summed E-state index contributed by atoms with van der Waals surface area (Å²) in [4.78, 5) is 5.44. The van der Waals surface area contributed by atoms with Gasteiger partial charge in [0, 0.05) is 44.0 Å². The Bertz CT molecular complexity index is 483. The van der Waals surface area contributed by atoms with Crippen LogP contribution in [0.4, 0.5) is 0 Å². The van der Waals surface area contributed by atoms with E-state index in [9.17, 15) is 0 Å². The topological polar surface area (TPSA) is 54.9 Å². The van der Waals surface area contributed by atoms with Gasteiger partial charge in [0.1, 0.15) is 5.75 Å². The van der Waals surface area contributed by atoms with Gasteiger partial charge in [-0.25, -0.2) is 0 Å². The average molecular weight is 354 g/mol. The van der Waals surface area contributed by atoms with Crippen LogP contribution in [0.5, 0.6) is 5.75 Å². The van der Waals surface area contributed by atoms with Gasteiger partial charge in [0.2, 0.25) is 0 Å². The Morgan fingerprint density at radius 1 is 1.29 bits per heavy atom. The highest BCUT2D eigenvalue weighted by molar-refractivity contribution is 7.99. The number of ether oxygens (including phenoxy) is 2. The Morgan fingerprint density at radius 3 is 2.79 bits per heavy atom. The molecule has 5 nitrogen and oxygen atoms in total. The fourth-order valence-corrected chi connectivity index (χ4v) is 3.10. The standard InChI is InChI=1S/C18H31N3O2S/c1-5-23-12-8-11-20-18(19-3)21-13-15(2)14-24-17-10-7-6-9-16(17)22-4/h6-7,9-10,15H,5,8,11-14H2,1-4H3,(H2,19,20,21). The molecule has 0 bridgehead atoms. The molecule has 1 atom stereocenters. The van der Waals surface area contributed by atoms with E-state index >= 15 is 0 Å². The average Bonchev–Trinajstić information content (AvgIpc) is 2.62. The van der Waals surface area contributed by atoms with Crippen LogP contribution in [-0.4, -0.2) is 52.2 Å². The molecule has 24 heavy (non-hydrogen) atoms. The van der Waals surface area contributed by atoms with E-state index in [0.29, 0.717) is 5.92 Å². The molecule has 2 N–H and O–H groups in total. The van der Waals surface area contributed by atoms with Gasteiger partial charge in [0.05, 0.1) is 7.11 Å². The largest absolute Gasteiger partial charge is 0.496 e. The van der Waals surface area contributed by atoms with Crippen LogP contribution < -0.4 is 15.4 Å². The van der Waals surface area contributed by atoms with Gasteiger partial charge in [0.15, 0.2) is 5.96 Å². The van der Waals surface area contributed by atoms with Gasteiger partial charge in [-0.05, 0) is 31.4 Å². The summed E-state index contributed by atoms with van der Waals surface area (Å²) in [5.41, 5.74) is 0. The molecule has 1 unspecified atom stereocenters.